The summed E-state index contributed by atoms with van der Waals surface area (Å²) in [7, 11) is 0. The van der Waals surface area contributed by atoms with E-state index in [0.29, 0.717) is 11.6 Å². The lowest BCUT2D eigenvalue weighted by Gasteiger charge is -2.22. The van der Waals surface area contributed by atoms with Gasteiger partial charge in [0.15, 0.2) is 11.6 Å². The Morgan fingerprint density at radius 1 is 0.174 bits per heavy atom. The van der Waals surface area contributed by atoms with Gasteiger partial charge >= 0.3 is 0 Å². The predicted octanol–water partition coefficient (Wildman–Crippen LogP) is 29.2. The summed E-state index contributed by atoms with van der Waals surface area (Å²) >= 11 is 0. The first-order valence-corrected chi connectivity index (χ1v) is 38.9. The van der Waals surface area contributed by atoms with E-state index in [-0.39, 0.29) is 5.41 Å². The number of furan rings is 4. The molecule has 8 heteroatoms. The van der Waals surface area contributed by atoms with Crippen LogP contribution in [-0.2, 0) is 5.41 Å². The van der Waals surface area contributed by atoms with Crippen molar-refractivity contribution in [2.75, 3.05) is 0 Å². The van der Waals surface area contributed by atoms with Crippen LogP contribution < -0.4 is 0 Å². The number of hydrogen-bond acceptors (Lipinski definition) is 8. The number of benzene rings is 16. The first kappa shape index (κ1) is 66.8. The quantitative estimate of drug-likeness (QED) is 0.126. The average molecular weight is 1470 g/mol. The van der Waals surface area contributed by atoms with Gasteiger partial charge < -0.3 is 17.7 Å². The second kappa shape index (κ2) is 27.1. The minimum atomic E-state index is -0.133. The molecule has 540 valence electrons. The van der Waals surface area contributed by atoms with Crippen LogP contribution in [0, 0.1) is 0 Å². The molecular weight excluding hydrogens is 1410 g/mol. The van der Waals surface area contributed by atoms with Gasteiger partial charge in [-0.15, -0.1) is 0 Å². The molecule has 0 bridgehead atoms. The Morgan fingerprint density at radius 3 is 0.861 bits per heavy atom. The summed E-state index contributed by atoms with van der Waals surface area (Å²) in [6.45, 7) is 4.64. The highest BCUT2D eigenvalue weighted by molar-refractivity contribution is 6.10. The molecule has 1 aliphatic carbocycles. The van der Waals surface area contributed by atoms with Crippen molar-refractivity contribution < 1.29 is 17.7 Å². The minimum Gasteiger partial charge on any atom is -0.456 e. The maximum Gasteiger partial charge on any atom is 0.160 e. The summed E-state index contributed by atoms with van der Waals surface area (Å²) in [5, 5.41) is 8.77. The SMILES string of the molecule is CC1(C)c2ccccc2-c2ccc(-c3cc(-c4cc(-c5ccc6oc7ccccc7c6c5)cc(-c5ccc6oc7ccccc7c6c5)c4)nc(-c4ccccc4)n3)cc21.c1ccc(-c2cccc(-c3cc(-c4cc(-c5ccc6oc7ccccc7c6c5)cc(-c5ccc6oc7ccccc7c6c5)c4)nc(-c4ccccc4)n3)c2)cc1. The van der Waals surface area contributed by atoms with Gasteiger partial charge in [-0.3, -0.25) is 0 Å². The highest BCUT2D eigenvalue weighted by Crippen LogP contribution is 2.51. The fourth-order valence-corrected chi connectivity index (χ4v) is 17.1. The third-order valence-electron chi connectivity index (χ3n) is 23.0. The molecule has 6 heterocycles. The van der Waals surface area contributed by atoms with Crippen LogP contribution in [0.4, 0.5) is 0 Å². The van der Waals surface area contributed by atoms with E-state index >= 15 is 0 Å². The van der Waals surface area contributed by atoms with Gasteiger partial charge in [-0.1, -0.05) is 257 Å². The van der Waals surface area contributed by atoms with Gasteiger partial charge in [0, 0.05) is 81.9 Å². The number of para-hydroxylation sites is 4. The molecule has 0 aliphatic heterocycles. The van der Waals surface area contributed by atoms with Gasteiger partial charge in [0.25, 0.3) is 0 Å². The van der Waals surface area contributed by atoms with Crippen molar-refractivity contribution in [3.63, 3.8) is 0 Å². The average Bonchev–Trinajstić information content (AvgIpc) is 1.62. The zero-order valence-electron chi connectivity index (χ0n) is 62.7. The predicted molar refractivity (Wildman–Crippen MR) is 471 cm³/mol. The van der Waals surface area contributed by atoms with Crippen molar-refractivity contribution >= 4 is 87.8 Å². The van der Waals surface area contributed by atoms with Crippen molar-refractivity contribution in [1.29, 1.82) is 0 Å². The largest absolute Gasteiger partial charge is 0.456 e. The lowest BCUT2D eigenvalue weighted by atomic mass is 9.82. The zero-order valence-corrected chi connectivity index (χ0v) is 62.7. The monoisotopic (exact) mass is 1470 g/mol. The summed E-state index contributed by atoms with van der Waals surface area (Å²) in [4.78, 5) is 21.0. The molecule has 0 atom stereocenters. The van der Waals surface area contributed by atoms with E-state index in [4.69, 9.17) is 37.6 Å². The molecule has 1 aliphatic rings. The molecule has 6 aromatic heterocycles. The second-order valence-electron chi connectivity index (χ2n) is 30.4. The topological polar surface area (TPSA) is 104 Å². The van der Waals surface area contributed by atoms with Gasteiger partial charge in [-0.25, -0.2) is 19.9 Å². The maximum atomic E-state index is 6.24. The van der Waals surface area contributed by atoms with Crippen molar-refractivity contribution in [3.05, 3.63) is 387 Å². The van der Waals surface area contributed by atoms with Crippen molar-refractivity contribution in [2.24, 2.45) is 0 Å². The number of rotatable bonds is 11. The first-order chi connectivity index (χ1) is 56.6. The van der Waals surface area contributed by atoms with E-state index in [1.165, 1.54) is 22.3 Å². The van der Waals surface area contributed by atoms with E-state index in [9.17, 15) is 0 Å². The van der Waals surface area contributed by atoms with Gasteiger partial charge in [-0.05, 0) is 211 Å². The summed E-state index contributed by atoms with van der Waals surface area (Å²) in [6.07, 6.45) is 0. The summed E-state index contributed by atoms with van der Waals surface area (Å²) < 4.78 is 24.9. The van der Waals surface area contributed by atoms with Crippen LogP contribution in [0.5, 0.6) is 0 Å². The normalized spacial score (nSPS) is 12.3. The number of hydrogen-bond donors (Lipinski definition) is 0. The lowest BCUT2D eigenvalue weighted by Crippen LogP contribution is -2.14. The molecule has 0 saturated carbocycles. The Hall–Kier alpha value is -15.1. The van der Waals surface area contributed by atoms with E-state index in [0.717, 1.165) is 200 Å². The van der Waals surface area contributed by atoms with Gasteiger partial charge in [0.05, 0.1) is 22.8 Å². The Balaban J connectivity index is 0.000000140. The lowest BCUT2D eigenvalue weighted by molar-refractivity contribution is 0.660. The van der Waals surface area contributed by atoms with Crippen molar-refractivity contribution in [1.82, 2.24) is 19.9 Å². The molecule has 0 amide bonds. The molecule has 0 N–H and O–H groups in total. The molecule has 0 radical (unpaired) electrons. The van der Waals surface area contributed by atoms with Crippen LogP contribution >= 0.6 is 0 Å². The summed E-state index contributed by atoms with van der Waals surface area (Å²) in [5.74, 6) is 1.36. The van der Waals surface area contributed by atoms with Crippen LogP contribution in [0.25, 0.3) is 222 Å². The Bertz CT molecular complexity index is 7370. The maximum absolute atomic E-state index is 6.24. The third-order valence-corrected chi connectivity index (χ3v) is 23.0. The number of fused-ring (bicyclic) bond motifs is 15. The molecule has 0 unspecified atom stereocenters. The Labute approximate surface area is 662 Å². The van der Waals surface area contributed by atoms with E-state index < -0.39 is 0 Å². The third kappa shape index (κ3) is 11.9. The molecule has 0 saturated heterocycles. The second-order valence-corrected chi connectivity index (χ2v) is 30.4. The van der Waals surface area contributed by atoms with Crippen LogP contribution in [0.15, 0.2) is 394 Å². The van der Waals surface area contributed by atoms with Crippen molar-refractivity contribution in [2.45, 2.75) is 19.3 Å². The Morgan fingerprint density at radius 2 is 0.452 bits per heavy atom. The number of aromatic nitrogens is 4. The van der Waals surface area contributed by atoms with Crippen LogP contribution in [-0.4, -0.2) is 19.9 Å². The van der Waals surface area contributed by atoms with Gasteiger partial charge in [-0.2, -0.15) is 0 Å². The van der Waals surface area contributed by atoms with Crippen LogP contribution in [0.1, 0.15) is 25.0 Å². The Kier molecular flexibility index (Phi) is 15.8. The standard InChI is InChI=1S/C55H36N2O2.C52H32N2O2/c1-55(2)46-17-9-6-14-40(46)41-23-20-36(31-47(41)55)48-32-49(57-54(56-48)33-12-4-3-5-13-33)39-27-37(34-21-24-52-44(29-34)42-15-7-10-18-50(42)58-52)26-38(28-39)35-22-25-53-45(30-35)43-16-8-11-19-51(43)59-53;1-3-12-33(13-4-1)35-16-11-17-38(26-35)46-32-47(54-52(53-46)34-14-5-2-6-15-34)41-28-39(36-22-24-50-44(30-36)42-18-7-9-20-48(42)55-50)27-40(29-41)37-23-25-51-45(31-37)43-19-8-10-21-49(43)56-51/h3-32H,1-2H3;1-32H. The molecule has 16 aromatic carbocycles. The first-order valence-electron chi connectivity index (χ1n) is 38.9. The fourth-order valence-electron chi connectivity index (χ4n) is 17.1. The van der Waals surface area contributed by atoms with E-state index in [2.05, 4.69) is 299 Å². The van der Waals surface area contributed by atoms with E-state index in [1.807, 2.05) is 91.0 Å². The number of nitrogens with zero attached hydrogens (tertiary/aromatic N) is 4. The molecule has 0 fully saturated rings. The van der Waals surface area contributed by atoms with Crippen molar-refractivity contribution in [3.8, 4) is 135 Å². The summed E-state index contributed by atoms with van der Waals surface area (Å²) in [6, 6.07) is 132. The molecule has 23 rings (SSSR count). The van der Waals surface area contributed by atoms with Gasteiger partial charge in [0.1, 0.15) is 44.7 Å². The molecule has 115 heavy (non-hydrogen) atoms. The highest BCUT2D eigenvalue weighted by atomic mass is 16.3. The van der Waals surface area contributed by atoms with E-state index in [1.54, 1.807) is 0 Å². The highest BCUT2D eigenvalue weighted by Gasteiger charge is 2.35. The van der Waals surface area contributed by atoms with Crippen LogP contribution in [0.2, 0.25) is 0 Å². The minimum absolute atomic E-state index is 0.133. The summed E-state index contributed by atoms with van der Waals surface area (Å²) in [5.41, 5.74) is 32.6. The van der Waals surface area contributed by atoms with Gasteiger partial charge in [0.2, 0.25) is 0 Å². The molecule has 0 spiro atoms. The fraction of sp³-hybridized carbons (Fsp3) is 0.0280. The molecular formula is C107H68N4O4. The molecule has 8 nitrogen and oxygen atoms in total. The smallest absolute Gasteiger partial charge is 0.160 e. The molecule has 22 aromatic rings. The zero-order chi connectivity index (χ0) is 76.2. The van der Waals surface area contributed by atoms with Crippen LogP contribution in [0.3, 0.4) is 0 Å².